The molecule has 6 aromatic rings. The number of hydrogen-bond acceptors (Lipinski definition) is 3. The maximum Gasteiger partial charge on any atom is 0.216 e. The molecule has 0 N–H and O–H groups in total. The molecule has 0 aliphatic carbocycles. The minimum absolute atomic E-state index is 0.370. The van der Waals surface area contributed by atoms with E-state index in [1.807, 2.05) is 86.0 Å². The van der Waals surface area contributed by atoms with E-state index in [9.17, 15) is 5.26 Å². The first-order chi connectivity index (χ1) is 19.9. The number of aryl methyl sites for hydroxylation is 3. The van der Waals surface area contributed by atoms with Gasteiger partial charge in [-0.3, -0.25) is 0 Å². The zero-order chi connectivity index (χ0) is 28.3. The monoisotopic (exact) mass is 508 g/mol. The van der Waals surface area contributed by atoms with Crippen molar-refractivity contribution in [3.8, 4) is 28.5 Å². The number of nitrogens with zero attached hydrogens (tertiary/aromatic N) is 3. The Morgan fingerprint density at radius 2 is 1.64 bits per heavy atom. The molecular weight excluding hydrogens is 478 g/mol. The summed E-state index contributed by atoms with van der Waals surface area (Å²) in [6.45, 7) is 2.61. The summed E-state index contributed by atoms with van der Waals surface area (Å²) in [5.41, 5.74) is 8.93. The molecule has 0 bridgehead atoms. The van der Waals surface area contributed by atoms with Gasteiger partial charge in [-0.25, -0.2) is 4.57 Å². The van der Waals surface area contributed by atoms with Crippen LogP contribution in [0.1, 0.15) is 25.9 Å². The van der Waals surface area contributed by atoms with Gasteiger partial charge in [-0.15, -0.1) is 0 Å². The number of fused-ring (bicyclic) bond motifs is 4. The van der Waals surface area contributed by atoms with Gasteiger partial charge in [0, 0.05) is 49.0 Å². The zero-order valence-corrected chi connectivity index (χ0v) is 21.9. The second-order valence-corrected chi connectivity index (χ2v) is 10.0. The van der Waals surface area contributed by atoms with Crippen LogP contribution in [0.25, 0.3) is 44.3 Å². The quantitative estimate of drug-likeness (QED) is 0.227. The number of hydrogen-bond donors (Lipinski definition) is 0. The molecular formula is C35H28N3O+. The lowest BCUT2D eigenvalue weighted by Gasteiger charge is -2.33. The van der Waals surface area contributed by atoms with E-state index < -0.39 is 6.37 Å². The Morgan fingerprint density at radius 3 is 2.44 bits per heavy atom. The lowest BCUT2D eigenvalue weighted by Crippen LogP contribution is -2.30. The van der Waals surface area contributed by atoms with Gasteiger partial charge in [0.1, 0.15) is 18.2 Å². The summed E-state index contributed by atoms with van der Waals surface area (Å²) in [7, 11) is 2.03. The van der Waals surface area contributed by atoms with Gasteiger partial charge in [-0.1, -0.05) is 48.5 Å². The summed E-state index contributed by atoms with van der Waals surface area (Å²) in [6.07, 6.45) is 0.893. The minimum Gasteiger partial charge on any atom is -0.454 e. The smallest absolute Gasteiger partial charge is 0.216 e. The molecule has 4 heteroatoms. The third-order valence-corrected chi connectivity index (χ3v) is 7.74. The highest BCUT2D eigenvalue weighted by Gasteiger charge is 2.27. The van der Waals surface area contributed by atoms with Crippen molar-refractivity contribution in [1.82, 2.24) is 0 Å². The molecule has 0 spiro atoms. The van der Waals surface area contributed by atoms with Crippen LogP contribution < -0.4 is 9.47 Å². The topological polar surface area (TPSA) is 44.1 Å². The molecule has 0 saturated carbocycles. The first kappa shape index (κ1) is 21.1. The molecule has 0 unspecified atom stereocenters. The van der Waals surface area contributed by atoms with Crippen LogP contribution in [-0.4, -0.2) is 6.54 Å². The van der Waals surface area contributed by atoms with E-state index in [1.54, 1.807) is 0 Å². The molecule has 2 aromatic heterocycles. The van der Waals surface area contributed by atoms with Crippen molar-refractivity contribution in [3.05, 3.63) is 114 Å². The number of furan rings is 1. The van der Waals surface area contributed by atoms with E-state index in [0.717, 1.165) is 50.1 Å². The van der Waals surface area contributed by atoms with Crippen molar-refractivity contribution >= 4 is 33.3 Å². The van der Waals surface area contributed by atoms with Crippen LogP contribution in [0.5, 0.6) is 0 Å². The fraction of sp³-hybridized carbons (Fsp3) is 0.143. The summed E-state index contributed by atoms with van der Waals surface area (Å²) >= 11 is 0. The van der Waals surface area contributed by atoms with E-state index in [1.165, 1.54) is 0 Å². The highest BCUT2D eigenvalue weighted by atomic mass is 16.3. The average Bonchev–Trinajstić information content (AvgIpc) is 3.36. The highest BCUT2D eigenvalue weighted by Crippen LogP contribution is 2.47. The Balaban J connectivity index is 1.58. The van der Waals surface area contributed by atoms with Gasteiger partial charge < -0.3 is 9.32 Å². The summed E-state index contributed by atoms with van der Waals surface area (Å²) < 4.78 is 26.7. The number of pyridine rings is 1. The van der Waals surface area contributed by atoms with Crippen molar-refractivity contribution in [2.75, 3.05) is 11.4 Å². The van der Waals surface area contributed by atoms with Gasteiger partial charge in [-0.05, 0) is 61.2 Å². The zero-order valence-electron chi connectivity index (χ0n) is 23.9. The molecule has 3 heterocycles. The fourth-order valence-electron chi connectivity index (χ4n) is 5.92. The summed E-state index contributed by atoms with van der Waals surface area (Å²) in [6, 6.07) is 32.4. The van der Waals surface area contributed by atoms with Crippen molar-refractivity contribution < 1.29 is 11.7 Å². The molecule has 39 heavy (non-hydrogen) atoms. The maximum atomic E-state index is 10.3. The van der Waals surface area contributed by atoms with Gasteiger partial charge in [0.25, 0.3) is 0 Å². The predicted octanol–water partition coefficient (Wildman–Crippen LogP) is 8.01. The Morgan fingerprint density at radius 1 is 0.872 bits per heavy atom. The van der Waals surface area contributed by atoms with Crippen molar-refractivity contribution in [3.63, 3.8) is 0 Å². The highest BCUT2D eigenvalue weighted by molar-refractivity contribution is 6.14. The van der Waals surface area contributed by atoms with Gasteiger partial charge in [0.05, 0.1) is 22.9 Å². The van der Waals surface area contributed by atoms with Crippen LogP contribution in [0.15, 0.2) is 102 Å². The van der Waals surface area contributed by atoms with E-state index in [-0.39, 0.29) is 0 Å². The Kier molecular flexibility index (Phi) is 4.95. The van der Waals surface area contributed by atoms with Crippen LogP contribution in [0.4, 0.5) is 11.4 Å². The molecule has 1 aliphatic heterocycles. The van der Waals surface area contributed by atoms with Crippen molar-refractivity contribution in [2.24, 2.45) is 7.05 Å². The molecule has 7 rings (SSSR count). The standard InChI is InChI=1S/C35H28N3O/c1-23-16-18-27-28-19-17-25(22-36)32(35(28)39-34(27)31(23)30-15-6-7-20-37(30)2)29-14-8-10-24-11-9-21-38(33(24)29)26-12-4-3-5-13-26/h3-8,10,12-20H,9,11,21H2,1-2H3/q+1/i11D2. The van der Waals surface area contributed by atoms with Crippen LogP contribution in [0.2, 0.25) is 0 Å². The van der Waals surface area contributed by atoms with Gasteiger partial charge in [-0.2, -0.15) is 5.26 Å². The fourth-order valence-corrected chi connectivity index (χ4v) is 5.92. The molecule has 0 atom stereocenters. The van der Waals surface area contributed by atoms with Crippen molar-refractivity contribution in [1.29, 1.82) is 5.26 Å². The van der Waals surface area contributed by atoms with Crippen LogP contribution in [-0.2, 0) is 13.4 Å². The number of anilines is 2. The van der Waals surface area contributed by atoms with Crippen LogP contribution >= 0.6 is 0 Å². The summed E-state index contributed by atoms with van der Waals surface area (Å²) in [5, 5.41) is 12.2. The van der Waals surface area contributed by atoms with E-state index in [2.05, 4.69) is 40.7 Å². The average molecular weight is 509 g/mol. The number of rotatable bonds is 3. The molecule has 0 saturated heterocycles. The van der Waals surface area contributed by atoms with Gasteiger partial charge >= 0.3 is 0 Å². The Bertz CT molecular complexity index is 2020. The first-order valence-electron chi connectivity index (χ1n) is 14.2. The SMILES string of the molecule is [2H]C1([2H])CCN(c2ccccc2)c2c(-c3c(C#N)ccc4c3oc3c(-c5cccc[n+]5C)c(C)ccc34)cccc21. The summed E-state index contributed by atoms with van der Waals surface area (Å²) in [4.78, 5) is 2.17. The lowest BCUT2D eigenvalue weighted by molar-refractivity contribution is -0.660. The lowest BCUT2D eigenvalue weighted by atomic mass is 9.90. The molecule has 1 aliphatic rings. The third kappa shape index (κ3) is 3.62. The molecule has 0 amide bonds. The first-order valence-corrected chi connectivity index (χ1v) is 13.2. The molecule has 188 valence electrons. The van der Waals surface area contributed by atoms with Gasteiger partial charge in [0.15, 0.2) is 6.20 Å². The second kappa shape index (κ2) is 9.15. The van der Waals surface area contributed by atoms with Crippen LogP contribution in [0.3, 0.4) is 0 Å². The third-order valence-electron chi connectivity index (χ3n) is 7.74. The predicted molar refractivity (Wildman–Crippen MR) is 157 cm³/mol. The maximum absolute atomic E-state index is 10.3. The van der Waals surface area contributed by atoms with Crippen molar-refractivity contribution in [2.45, 2.75) is 19.7 Å². The number of benzene rings is 4. The molecule has 0 fully saturated rings. The molecule has 4 aromatic carbocycles. The minimum atomic E-state index is -1.50. The van der Waals surface area contributed by atoms with Crippen LogP contribution in [0, 0.1) is 18.3 Å². The van der Waals surface area contributed by atoms with E-state index in [0.29, 0.717) is 35.2 Å². The van der Waals surface area contributed by atoms with E-state index >= 15 is 0 Å². The normalized spacial score (nSPS) is 15.1. The van der Waals surface area contributed by atoms with Gasteiger partial charge in [0.2, 0.25) is 5.69 Å². The molecule has 0 radical (unpaired) electrons. The molecule has 4 nitrogen and oxygen atoms in total. The Hall–Kier alpha value is -4.88. The second-order valence-electron chi connectivity index (χ2n) is 10.0. The number of nitriles is 1. The number of para-hydroxylation sites is 2. The van der Waals surface area contributed by atoms with E-state index in [4.69, 9.17) is 7.16 Å². The Labute approximate surface area is 230 Å². The number of aromatic nitrogens is 1. The summed E-state index contributed by atoms with van der Waals surface area (Å²) in [5.74, 6) is 0. The largest absolute Gasteiger partial charge is 0.454 e.